The molecule has 138 valence electrons. The van der Waals surface area contributed by atoms with Gasteiger partial charge in [0.25, 0.3) is 0 Å². The van der Waals surface area contributed by atoms with E-state index in [-0.39, 0.29) is 17.6 Å². The Balaban J connectivity index is 1.76. The van der Waals surface area contributed by atoms with Gasteiger partial charge in [0.15, 0.2) is 5.16 Å². The lowest BCUT2D eigenvalue weighted by Gasteiger charge is -2.10. The lowest BCUT2D eigenvalue weighted by atomic mass is 9.96. The number of carbonyl (C=O) groups excluding carboxylic acids is 2. The van der Waals surface area contributed by atoms with Crippen molar-refractivity contribution in [2.24, 2.45) is 0 Å². The van der Waals surface area contributed by atoms with Gasteiger partial charge in [-0.05, 0) is 37.3 Å². The summed E-state index contributed by atoms with van der Waals surface area (Å²) in [6, 6.07) is 1.73. The molecule has 3 rings (SSSR count). The van der Waals surface area contributed by atoms with Crippen LogP contribution in [0.4, 0.5) is 5.00 Å². The summed E-state index contributed by atoms with van der Waals surface area (Å²) in [5.41, 5.74) is 1.58. The summed E-state index contributed by atoms with van der Waals surface area (Å²) in [5.74, 6) is -0.369. The summed E-state index contributed by atoms with van der Waals surface area (Å²) >= 11 is 2.77. The molecular formula is C18H21N3O3S2. The number of nitrogens with one attached hydrogen (secondary N) is 1. The molecule has 0 fully saturated rings. The Morgan fingerprint density at radius 3 is 2.65 bits per heavy atom. The number of anilines is 1. The number of carbonyl (C=O) groups is 2. The van der Waals surface area contributed by atoms with Crippen molar-refractivity contribution in [1.82, 2.24) is 9.97 Å². The molecule has 0 radical (unpaired) electrons. The summed E-state index contributed by atoms with van der Waals surface area (Å²) in [6.07, 6.45) is 9.64. The average Bonchev–Trinajstić information content (AvgIpc) is 2.96. The summed E-state index contributed by atoms with van der Waals surface area (Å²) in [6.45, 7) is 0. The first kappa shape index (κ1) is 18.8. The van der Waals surface area contributed by atoms with Crippen molar-refractivity contribution >= 4 is 40.0 Å². The van der Waals surface area contributed by atoms with E-state index in [0.29, 0.717) is 15.7 Å². The molecule has 1 aliphatic carbocycles. The molecule has 1 N–H and O–H groups in total. The fraction of sp³-hybridized carbons (Fsp3) is 0.444. The van der Waals surface area contributed by atoms with Gasteiger partial charge in [0.05, 0.1) is 18.4 Å². The third-order valence-electron chi connectivity index (χ3n) is 4.19. The Morgan fingerprint density at radius 2 is 1.92 bits per heavy atom. The van der Waals surface area contributed by atoms with Gasteiger partial charge in [0.2, 0.25) is 5.91 Å². The van der Waals surface area contributed by atoms with Crippen LogP contribution in [0.15, 0.2) is 23.6 Å². The third kappa shape index (κ3) is 4.62. The molecule has 0 bridgehead atoms. The molecule has 1 amide bonds. The molecule has 2 heterocycles. The standard InChI is InChI=1S/C18H21N3O3S2/c1-24-17(23)15-12-7-4-2-3-5-8-13(12)26-16(15)21-14(22)11-25-18-19-9-6-10-20-18/h6,9-10H,2-5,7-8,11H2,1H3,(H,21,22). The van der Waals surface area contributed by atoms with Gasteiger partial charge in [-0.3, -0.25) is 4.79 Å². The fourth-order valence-corrected chi connectivity index (χ4v) is 4.87. The van der Waals surface area contributed by atoms with Crippen molar-refractivity contribution in [2.75, 3.05) is 18.2 Å². The average molecular weight is 392 g/mol. The van der Waals surface area contributed by atoms with Crippen molar-refractivity contribution in [3.8, 4) is 0 Å². The van der Waals surface area contributed by atoms with E-state index >= 15 is 0 Å². The minimum atomic E-state index is -0.377. The molecule has 6 nitrogen and oxygen atoms in total. The van der Waals surface area contributed by atoms with Gasteiger partial charge in [-0.1, -0.05) is 24.6 Å². The highest BCUT2D eigenvalue weighted by molar-refractivity contribution is 7.99. The molecule has 0 saturated carbocycles. The first-order valence-corrected chi connectivity index (χ1v) is 10.4. The van der Waals surface area contributed by atoms with E-state index in [1.807, 2.05) is 0 Å². The zero-order valence-corrected chi connectivity index (χ0v) is 16.3. The Hall–Kier alpha value is -1.93. The molecule has 0 spiro atoms. The van der Waals surface area contributed by atoms with Crippen LogP contribution in [0.5, 0.6) is 0 Å². The van der Waals surface area contributed by atoms with Crippen LogP contribution in [0, 0.1) is 0 Å². The van der Waals surface area contributed by atoms with Crippen molar-refractivity contribution in [2.45, 2.75) is 43.7 Å². The summed E-state index contributed by atoms with van der Waals surface area (Å²) < 4.78 is 4.98. The second kappa shape index (κ2) is 9.14. The molecule has 2 aromatic heterocycles. The minimum Gasteiger partial charge on any atom is -0.465 e. The number of hydrogen-bond donors (Lipinski definition) is 1. The topological polar surface area (TPSA) is 81.2 Å². The number of esters is 1. The molecule has 0 aromatic carbocycles. The number of thiophene rings is 1. The fourth-order valence-electron chi connectivity index (χ4n) is 2.98. The van der Waals surface area contributed by atoms with Gasteiger partial charge < -0.3 is 10.1 Å². The summed E-state index contributed by atoms with van der Waals surface area (Å²) in [7, 11) is 1.38. The van der Waals surface area contributed by atoms with Crippen molar-refractivity contribution < 1.29 is 14.3 Å². The van der Waals surface area contributed by atoms with Gasteiger partial charge in [0, 0.05) is 17.3 Å². The quantitative estimate of drug-likeness (QED) is 0.475. The van der Waals surface area contributed by atoms with Crippen LogP contribution >= 0.6 is 23.1 Å². The number of ether oxygens (including phenoxy) is 1. The number of amides is 1. The van der Waals surface area contributed by atoms with Gasteiger partial charge in [-0.2, -0.15) is 0 Å². The lowest BCUT2D eigenvalue weighted by molar-refractivity contribution is -0.113. The Kier molecular flexibility index (Phi) is 6.62. The molecule has 0 atom stereocenters. The highest BCUT2D eigenvalue weighted by atomic mass is 32.2. The SMILES string of the molecule is COC(=O)c1c(NC(=O)CSc2ncccn2)sc2c1CCCCCC2. The Labute approximate surface area is 160 Å². The van der Waals surface area contributed by atoms with Crippen LogP contribution in [0.1, 0.15) is 46.5 Å². The largest absolute Gasteiger partial charge is 0.465 e. The van der Waals surface area contributed by atoms with Crippen LogP contribution in [0.25, 0.3) is 0 Å². The van der Waals surface area contributed by atoms with Gasteiger partial charge in [-0.25, -0.2) is 14.8 Å². The van der Waals surface area contributed by atoms with E-state index < -0.39 is 0 Å². The van der Waals surface area contributed by atoms with Crippen LogP contribution in [-0.4, -0.2) is 34.7 Å². The summed E-state index contributed by atoms with van der Waals surface area (Å²) in [4.78, 5) is 34.1. The smallest absolute Gasteiger partial charge is 0.341 e. The number of rotatable bonds is 5. The summed E-state index contributed by atoms with van der Waals surface area (Å²) in [5, 5.41) is 4.05. The van der Waals surface area contributed by atoms with Crippen LogP contribution in [0.3, 0.4) is 0 Å². The number of nitrogens with zero attached hydrogens (tertiary/aromatic N) is 2. The van der Waals surface area contributed by atoms with E-state index in [1.165, 1.54) is 47.9 Å². The normalized spacial score (nSPS) is 14.0. The van der Waals surface area contributed by atoms with E-state index in [9.17, 15) is 9.59 Å². The second-order valence-corrected chi connectivity index (χ2v) is 8.03. The zero-order chi connectivity index (χ0) is 18.4. The van der Waals surface area contributed by atoms with Crippen molar-refractivity contribution in [1.29, 1.82) is 0 Å². The van der Waals surface area contributed by atoms with E-state index in [2.05, 4.69) is 15.3 Å². The Morgan fingerprint density at radius 1 is 1.19 bits per heavy atom. The number of methoxy groups -OCH3 is 1. The van der Waals surface area contributed by atoms with Gasteiger partial charge in [0.1, 0.15) is 5.00 Å². The molecule has 0 aliphatic heterocycles. The van der Waals surface area contributed by atoms with Crippen molar-refractivity contribution in [3.63, 3.8) is 0 Å². The second-order valence-electron chi connectivity index (χ2n) is 5.98. The molecule has 2 aromatic rings. The minimum absolute atomic E-state index is 0.179. The number of aromatic nitrogens is 2. The number of thioether (sulfide) groups is 1. The zero-order valence-electron chi connectivity index (χ0n) is 14.6. The molecule has 1 aliphatic rings. The highest BCUT2D eigenvalue weighted by Gasteiger charge is 2.25. The maximum Gasteiger partial charge on any atom is 0.341 e. The number of hydrogen-bond acceptors (Lipinski definition) is 7. The van der Waals surface area contributed by atoms with Gasteiger partial charge in [-0.15, -0.1) is 11.3 Å². The van der Waals surface area contributed by atoms with Crippen LogP contribution in [0.2, 0.25) is 0 Å². The van der Waals surface area contributed by atoms with Crippen LogP contribution < -0.4 is 5.32 Å². The highest BCUT2D eigenvalue weighted by Crippen LogP contribution is 2.37. The third-order valence-corrected chi connectivity index (χ3v) is 6.27. The van der Waals surface area contributed by atoms with Gasteiger partial charge >= 0.3 is 5.97 Å². The lowest BCUT2D eigenvalue weighted by Crippen LogP contribution is -2.16. The van der Waals surface area contributed by atoms with E-state index in [1.54, 1.807) is 18.5 Å². The van der Waals surface area contributed by atoms with E-state index in [4.69, 9.17) is 4.74 Å². The van der Waals surface area contributed by atoms with Crippen molar-refractivity contribution in [3.05, 3.63) is 34.5 Å². The maximum absolute atomic E-state index is 12.4. The first-order chi connectivity index (χ1) is 12.7. The van der Waals surface area contributed by atoms with E-state index in [0.717, 1.165) is 31.2 Å². The molecule has 0 unspecified atom stereocenters. The number of aryl methyl sites for hydroxylation is 1. The van der Waals surface area contributed by atoms with Crippen LogP contribution in [-0.2, 0) is 22.4 Å². The molecular weight excluding hydrogens is 370 g/mol. The predicted molar refractivity (Wildman–Crippen MR) is 103 cm³/mol. The predicted octanol–water partition coefficient (Wildman–Crippen LogP) is 3.71. The number of fused-ring (bicyclic) bond motifs is 1. The molecule has 8 heteroatoms. The molecule has 0 saturated heterocycles. The molecule has 26 heavy (non-hydrogen) atoms. The first-order valence-electron chi connectivity index (χ1n) is 8.61. The monoisotopic (exact) mass is 391 g/mol. The Bertz CT molecular complexity index is 777. The maximum atomic E-state index is 12.4.